The Bertz CT molecular complexity index is 1110. The van der Waals surface area contributed by atoms with Gasteiger partial charge in [0.15, 0.2) is 17.8 Å². The summed E-state index contributed by atoms with van der Waals surface area (Å²) in [6.07, 6.45) is 4.89. The first-order valence-corrected chi connectivity index (χ1v) is 10.3. The number of nitrogens with two attached hydrogens (primary N) is 1. The van der Waals surface area contributed by atoms with Gasteiger partial charge < -0.3 is 15.6 Å². The summed E-state index contributed by atoms with van der Waals surface area (Å²) in [4.78, 5) is 28.4. The van der Waals surface area contributed by atoms with E-state index >= 15 is 0 Å². The minimum absolute atomic E-state index is 0.295. The number of hydrogen-bond donors (Lipinski definition) is 2. The number of hydrogen-bond acceptors (Lipinski definition) is 9. The summed E-state index contributed by atoms with van der Waals surface area (Å²) in [6.45, 7) is 5.05. The Hall–Kier alpha value is -3.73. The van der Waals surface area contributed by atoms with Crippen molar-refractivity contribution < 1.29 is 14.6 Å². The molecule has 0 saturated heterocycles. The Labute approximate surface area is 185 Å². The number of carboxylic acid groups (broad SMARTS) is 1. The van der Waals surface area contributed by atoms with Crippen LogP contribution in [0, 0.1) is 5.92 Å². The van der Waals surface area contributed by atoms with Crippen LogP contribution < -0.4 is 10.5 Å². The largest absolute Gasteiger partial charge is 0.482 e. The normalized spacial score (nSPS) is 12.2. The number of aliphatic imine (C=N–C) groups is 2. The van der Waals surface area contributed by atoms with E-state index in [1.807, 2.05) is 0 Å². The molecule has 0 bridgehead atoms. The summed E-state index contributed by atoms with van der Waals surface area (Å²) in [5.41, 5.74) is 8.02. The summed E-state index contributed by atoms with van der Waals surface area (Å²) in [7, 11) is 0. The van der Waals surface area contributed by atoms with E-state index in [1.165, 1.54) is 0 Å². The maximum Gasteiger partial charge on any atom is 0.341 e. The van der Waals surface area contributed by atoms with Gasteiger partial charge in [-0.3, -0.25) is 4.99 Å². The molecule has 2 heterocycles. The lowest BCUT2D eigenvalue weighted by molar-refractivity contribution is -0.139. The zero-order chi connectivity index (χ0) is 22.9. The van der Waals surface area contributed by atoms with E-state index in [4.69, 9.17) is 15.6 Å². The highest BCUT2D eigenvalue weighted by molar-refractivity contribution is 6.31. The summed E-state index contributed by atoms with van der Waals surface area (Å²) >= 11 is 0. The molecule has 11 nitrogen and oxygen atoms in total. The van der Waals surface area contributed by atoms with Crippen molar-refractivity contribution in [2.24, 2.45) is 21.6 Å². The standard InChI is InChI=1S/C21H26N8O3/c1-14(2)10-15(11-23-9-3-8-22)25-21-24-12-18-20(26-21)29(28-27-18)16-4-6-17(7-5-16)32-13-19(30)31/h4-7,11-12,14H,3,8-10,13,22H2,1-2H3,(H,30,31). The average Bonchev–Trinajstić information content (AvgIpc) is 3.18. The van der Waals surface area contributed by atoms with Gasteiger partial charge in [-0.15, -0.1) is 5.10 Å². The van der Waals surface area contributed by atoms with Crippen LogP contribution >= 0.6 is 0 Å². The number of aliphatic carboxylic acids is 1. The van der Waals surface area contributed by atoms with Gasteiger partial charge in [0, 0.05) is 12.8 Å². The van der Waals surface area contributed by atoms with E-state index in [9.17, 15) is 4.79 Å². The SMILES string of the molecule is CC(C)CC(C=NCCCN)=Nc1ncc2nnn(-c3ccc(OCC(=O)O)cc3)c2n1. The maximum absolute atomic E-state index is 10.6. The molecule has 0 aliphatic rings. The van der Waals surface area contributed by atoms with Gasteiger partial charge in [-0.05, 0) is 49.6 Å². The molecule has 11 heteroatoms. The molecule has 0 amide bonds. The Kier molecular flexibility index (Phi) is 7.92. The Morgan fingerprint density at radius 1 is 1.31 bits per heavy atom. The van der Waals surface area contributed by atoms with E-state index in [0.29, 0.717) is 47.6 Å². The van der Waals surface area contributed by atoms with Crippen molar-refractivity contribution in [1.82, 2.24) is 25.0 Å². The second-order valence-corrected chi connectivity index (χ2v) is 7.44. The summed E-state index contributed by atoms with van der Waals surface area (Å²) < 4.78 is 6.73. The van der Waals surface area contributed by atoms with E-state index < -0.39 is 12.6 Å². The maximum atomic E-state index is 10.6. The first-order chi connectivity index (χ1) is 15.5. The molecule has 0 aliphatic heterocycles. The number of nitrogens with zero attached hydrogens (tertiary/aromatic N) is 7. The Morgan fingerprint density at radius 3 is 2.78 bits per heavy atom. The molecule has 0 radical (unpaired) electrons. The number of ether oxygens (including phenoxy) is 1. The molecule has 3 rings (SSSR count). The number of rotatable bonds is 11. The third-order valence-electron chi connectivity index (χ3n) is 4.22. The van der Waals surface area contributed by atoms with Gasteiger partial charge in [-0.1, -0.05) is 19.1 Å². The van der Waals surface area contributed by atoms with Crippen LogP contribution in [0.5, 0.6) is 5.75 Å². The first kappa shape index (κ1) is 22.9. The Morgan fingerprint density at radius 2 is 2.09 bits per heavy atom. The lowest BCUT2D eigenvalue weighted by Crippen LogP contribution is -2.09. The lowest BCUT2D eigenvalue weighted by atomic mass is 10.1. The zero-order valence-corrected chi connectivity index (χ0v) is 18.0. The van der Waals surface area contributed by atoms with Gasteiger partial charge in [0.25, 0.3) is 5.95 Å². The zero-order valence-electron chi connectivity index (χ0n) is 18.0. The summed E-state index contributed by atoms with van der Waals surface area (Å²) in [6, 6.07) is 6.80. The highest BCUT2D eigenvalue weighted by atomic mass is 16.5. The third-order valence-corrected chi connectivity index (χ3v) is 4.22. The Balaban J connectivity index is 1.87. The summed E-state index contributed by atoms with van der Waals surface area (Å²) in [5.74, 6) is 0.0889. The molecular weight excluding hydrogens is 412 g/mol. The van der Waals surface area contributed by atoms with Gasteiger partial charge in [-0.25, -0.2) is 14.8 Å². The quantitative estimate of drug-likeness (QED) is 0.341. The predicted octanol–water partition coefficient (Wildman–Crippen LogP) is 2.21. The fraction of sp³-hybridized carbons (Fsp3) is 0.381. The smallest absolute Gasteiger partial charge is 0.341 e. The van der Waals surface area contributed by atoms with E-state index in [2.05, 4.69) is 44.1 Å². The van der Waals surface area contributed by atoms with Crippen molar-refractivity contribution in [2.45, 2.75) is 26.7 Å². The second kappa shape index (κ2) is 11.0. The minimum atomic E-state index is -1.04. The molecular formula is C21H26N8O3. The van der Waals surface area contributed by atoms with Crippen molar-refractivity contribution >= 4 is 35.0 Å². The average molecular weight is 438 g/mol. The second-order valence-electron chi connectivity index (χ2n) is 7.44. The fourth-order valence-corrected chi connectivity index (χ4v) is 2.80. The monoisotopic (exact) mass is 438 g/mol. The van der Waals surface area contributed by atoms with Gasteiger partial charge in [-0.2, -0.15) is 9.67 Å². The molecule has 3 N–H and O–H groups in total. The van der Waals surface area contributed by atoms with Crippen molar-refractivity contribution in [3.8, 4) is 11.4 Å². The molecule has 0 atom stereocenters. The first-order valence-electron chi connectivity index (χ1n) is 10.3. The molecule has 168 valence electrons. The van der Waals surface area contributed by atoms with E-state index in [0.717, 1.165) is 18.6 Å². The topological polar surface area (TPSA) is 154 Å². The van der Waals surface area contributed by atoms with Crippen molar-refractivity contribution in [3.63, 3.8) is 0 Å². The van der Waals surface area contributed by atoms with Crippen LogP contribution in [0.15, 0.2) is 40.4 Å². The van der Waals surface area contributed by atoms with Crippen LogP contribution in [0.1, 0.15) is 26.7 Å². The highest BCUT2D eigenvalue weighted by Gasteiger charge is 2.11. The predicted molar refractivity (Wildman–Crippen MR) is 121 cm³/mol. The van der Waals surface area contributed by atoms with E-state index in [1.54, 1.807) is 41.4 Å². The fourth-order valence-electron chi connectivity index (χ4n) is 2.80. The number of carbonyl (C=O) groups is 1. The summed E-state index contributed by atoms with van der Waals surface area (Å²) in [5, 5.41) is 17.0. The van der Waals surface area contributed by atoms with Crippen molar-refractivity contribution in [3.05, 3.63) is 30.5 Å². The van der Waals surface area contributed by atoms with Gasteiger partial charge in [0.05, 0.1) is 17.6 Å². The van der Waals surface area contributed by atoms with Crippen LogP contribution in [0.25, 0.3) is 16.9 Å². The third kappa shape index (κ3) is 6.38. The van der Waals surface area contributed by atoms with Crippen LogP contribution in [0.2, 0.25) is 0 Å². The molecule has 2 aromatic heterocycles. The van der Waals surface area contributed by atoms with Crippen LogP contribution in [0.3, 0.4) is 0 Å². The van der Waals surface area contributed by atoms with Gasteiger partial charge in [0.1, 0.15) is 5.75 Å². The van der Waals surface area contributed by atoms with E-state index in [-0.39, 0.29) is 0 Å². The molecule has 3 aromatic rings. The number of carboxylic acids is 1. The van der Waals surface area contributed by atoms with Crippen LogP contribution in [0.4, 0.5) is 5.95 Å². The molecule has 0 aliphatic carbocycles. The molecule has 1 aromatic carbocycles. The molecule has 32 heavy (non-hydrogen) atoms. The molecule has 0 saturated carbocycles. The van der Waals surface area contributed by atoms with Crippen LogP contribution in [-0.2, 0) is 4.79 Å². The molecule has 0 fully saturated rings. The lowest BCUT2D eigenvalue weighted by Gasteiger charge is -2.06. The van der Waals surface area contributed by atoms with Gasteiger partial charge in [0.2, 0.25) is 0 Å². The number of fused-ring (bicyclic) bond motifs is 1. The molecule has 0 unspecified atom stereocenters. The number of benzene rings is 1. The molecule has 0 spiro atoms. The minimum Gasteiger partial charge on any atom is -0.482 e. The van der Waals surface area contributed by atoms with Crippen molar-refractivity contribution in [2.75, 3.05) is 19.7 Å². The highest BCUT2D eigenvalue weighted by Crippen LogP contribution is 2.19. The van der Waals surface area contributed by atoms with Crippen molar-refractivity contribution in [1.29, 1.82) is 0 Å². The number of aromatic nitrogens is 5. The van der Waals surface area contributed by atoms with Gasteiger partial charge >= 0.3 is 5.97 Å². The van der Waals surface area contributed by atoms with Crippen LogP contribution in [-0.4, -0.2) is 67.7 Å².